The largest absolute Gasteiger partial charge is 0.481 e. The monoisotopic (exact) mass is 242 g/mol. The Bertz CT molecular complexity index is 306. The van der Waals surface area contributed by atoms with Gasteiger partial charge in [0.1, 0.15) is 0 Å². The molecule has 1 aliphatic rings. The van der Waals surface area contributed by atoms with Gasteiger partial charge in [0.2, 0.25) is 5.91 Å². The van der Waals surface area contributed by atoms with Gasteiger partial charge in [-0.1, -0.05) is 13.3 Å². The normalized spacial score (nSPS) is 29.9. The van der Waals surface area contributed by atoms with E-state index < -0.39 is 11.4 Å². The van der Waals surface area contributed by atoms with E-state index in [9.17, 15) is 14.7 Å². The lowest BCUT2D eigenvalue weighted by Gasteiger charge is -2.28. The molecular weight excluding hydrogens is 220 g/mol. The van der Waals surface area contributed by atoms with E-state index in [1.165, 1.54) is 0 Å². The van der Waals surface area contributed by atoms with E-state index >= 15 is 0 Å². The molecule has 17 heavy (non-hydrogen) atoms. The number of carboxylic acid groups (broad SMARTS) is 1. The molecule has 0 aliphatic heterocycles. The molecule has 5 heteroatoms. The first-order valence-electron chi connectivity index (χ1n) is 6.10. The molecule has 3 N–H and O–H groups in total. The highest BCUT2D eigenvalue weighted by atomic mass is 16.4. The number of hydrogen-bond acceptors (Lipinski definition) is 3. The maximum atomic E-state index is 11.9. The van der Waals surface area contributed by atoms with Gasteiger partial charge in [-0.25, -0.2) is 0 Å². The molecule has 0 radical (unpaired) electrons. The maximum absolute atomic E-state index is 11.9. The van der Waals surface area contributed by atoms with Crippen LogP contribution in [-0.2, 0) is 9.59 Å². The van der Waals surface area contributed by atoms with Gasteiger partial charge in [0, 0.05) is 18.5 Å². The van der Waals surface area contributed by atoms with Gasteiger partial charge in [0.05, 0.1) is 5.41 Å². The third-order valence-electron chi connectivity index (χ3n) is 3.72. The minimum atomic E-state index is -0.818. The lowest BCUT2D eigenvalue weighted by atomic mass is 9.84. The molecule has 0 spiro atoms. The van der Waals surface area contributed by atoms with Crippen LogP contribution >= 0.6 is 0 Å². The summed E-state index contributed by atoms with van der Waals surface area (Å²) in [5.74, 6) is -1.03. The molecule has 0 heterocycles. The fourth-order valence-electron chi connectivity index (χ4n) is 2.37. The van der Waals surface area contributed by atoms with E-state index in [0.29, 0.717) is 13.0 Å². The van der Waals surface area contributed by atoms with E-state index in [2.05, 4.69) is 10.6 Å². The summed E-state index contributed by atoms with van der Waals surface area (Å²) in [6.07, 6.45) is 2.24. The highest BCUT2D eigenvalue weighted by Crippen LogP contribution is 2.38. The summed E-state index contributed by atoms with van der Waals surface area (Å²) in [6, 6.07) is -0.244. The molecular formula is C12H22N2O3. The van der Waals surface area contributed by atoms with Crippen molar-refractivity contribution in [3.8, 4) is 0 Å². The van der Waals surface area contributed by atoms with Crippen LogP contribution in [0.4, 0.5) is 0 Å². The van der Waals surface area contributed by atoms with E-state index in [1.807, 2.05) is 6.92 Å². The molecule has 1 aliphatic carbocycles. The van der Waals surface area contributed by atoms with Crippen LogP contribution in [0.3, 0.4) is 0 Å². The van der Waals surface area contributed by atoms with Crippen LogP contribution in [-0.4, -0.2) is 36.6 Å². The van der Waals surface area contributed by atoms with Gasteiger partial charge in [-0.15, -0.1) is 0 Å². The number of amides is 1. The number of nitrogens with one attached hydrogen (secondary N) is 2. The van der Waals surface area contributed by atoms with Gasteiger partial charge in [-0.3, -0.25) is 9.59 Å². The summed E-state index contributed by atoms with van der Waals surface area (Å²) in [6.45, 7) is 4.15. The van der Waals surface area contributed by atoms with E-state index in [0.717, 1.165) is 12.8 Å². The fraction of sp³-hybridized carbons (Fsp3) is 0.833. The summed E-state index contributed by atoms with van der Waals surface area (Å²) in [5.41, 5.74) is -0.810. The number of hydrogen-bond donors (Lipinski definition) is 3. The van der Waals surface area contributed by atoms with Gasteiger partial charge in [0.15, 0.2) is 0 Å². The van der Waals surface area contributed by atoms with Crippen molar-refractivity contribution in [3.63, 3.8) is 0 Å². The third-order valence-corrected chi connectivity index (χ3v) is 3.72. The summed E-state index contributed by atoms with van der Waals surface area (Å²) in [5, 5.41) is 15.0. The van der Waals surface area contributed by atoms with Crippen LogP contribution < -0.4 is 10.6 Å². The predicted octanol–water partition coefficient (Wildman–Crippen LogP) is 0.601. The highest BCUT2D eigenvalue weighted by molar-refractivity contribution is 5.81. The van der Waals surface area contributed by atoms with Crippen molar-refractivity contribution < 1.29 is 14.7 Å². The first-order valence-corrected chi connectivity index (χ1v) is 6.10. The second-order valence-corrected chi connectivity index (χ2v) is 5.13. The summed E-state index contributed by atoms with van der Waals surface area (Å²) in [7, 11) is 1.79. The van der Waals surface area contributed by atoms with E-state index in [4.69, 9.17) is 0 Å². The van der Waals surface area contributed by atoms with E-state index in [1.54, 1.807) is 14.0 Å². The molecule has 0 bridgehead atoms. The van der Waals surface area contributed by atoms with Crippen molar-refractivity contribution in [3.05, 3.63) is 0 Å². The Morgan fingerprint density at radius 2 is 2.18 bits per heavy atom. The van der Waals surface area contributed by atoms with Crippen LogP contribution in [0.25, 0.3) is 0 Å². The zero-order valence-electron chi connectivity index (χ0n) is 10.7. The lowest BCUT2D eigenvalue weighted by molar-refractivity contribution is -0.149. The second-order valence-electron chi connectivity index (χ2n) is 5.13. The number of carboxylic acids is 1. The molecule has 0 aromatic heterocycles. The number of rotatable bonds is 5. The zero-order chi connectivity index (χ0) is 13.1. The number of carbonyl (C=O) groups excluding carboxylic acids is 1. The first kappa shape index (κ1) is 14.0. The zero-order valence-corrected chi connectivity index (χ0v) is 10.7. The Hall–Kier alpha value is -1.10. The minimum absolute atomic E-state index is 0.0706. The quantitative estimate of drug-likeness (QED) is 0.659. The molecule has 0 aromatic carbocycles. The Labute approximate surface area is 102 Å². The molecule has 0 aromatic rings. The van der Waals surface area contributed by atoms with Gasteiger partial charge in [-0.2, -0.15) is 0 Å². The Balaban J connectivity index is 2.62. The molecule has 0 saturated heterocycles. The van der Waals surface area contributed by atoms with Crippen LogP contribution in [0, 0.1) is 11.3 Å². The van der Waals surface area contributed by atoms with Gasteiger partial charge in [0.25, 0.3) is 0 Å². The van der Waals surface area contributed by atoms with Crippen LogP contribution in [0.1, 0.15) is 33.1 Å². The van der Waals surface area contributed by atoms with Crippen molar-refractivity contribution >= 4 is 11.9 Å². The van der Waals surface area contributed by atoms with Gasteiger partial charge >= 0.3 is 5.97 Å². The highest BCUT2D eigenvalue weighted by Gasteiger charge is 2.46. The van der Waals surface area contributed by atoms with Crippen molar-refractivity contribution in [2.24, 2.45) is 11.3 Å². The SMILES string of the molecule is CNCC(C)C(=O)NC1CCCC1(C)C(=O)O. The van der Waals surface area contributed by atoms with Crippen LogP contribution in [0.2, 0.25) is 0 Å². The standard InChI is InChI=1S/C12H22N2O3/c1-8(7-13-3)10(15)14-9-5-4-6-12(9,2)11(16)17/h8-9,13H,4-7H2,1-3H3,(H,14,15)(H,16,17). The number of carbonyl (C=O) groups is 2. The molecule has 98 valence electrons. The summed E-state index contributed by atoms with van der Waals surface area (Å²) >= 11 is 0. The molecule has 5 nitrogen and oxygen atoms in total. The van der Waals surface area contributed by atoms with Crippen molar-refractivity contribution in [2.75, 3.05) is 13.6 Å². The molecule has 1 saturated carbocycles. The summed E-state index contributed by atoms with van der Waals surface area (Å²) in [4.78, 5) is 23.1. The van der Waals surface area contributed by atoms with Crippen molar-refractivity contribution in [2.45, 2.75) is 39.2 Å². The summed E-state index contributed by atoms with van der Waals surface area (Å²) < 4.78 is 0. The second kappa shape index (κ2) is 5.49. The third kappa shape index (κ3) is 2.97. The van der Waals surface area contributed by atoms with Crippen molar-refractivity contribution in [1.29, 1.82) is 0 Å². The number of aliphatic carboxylic acids is 1. The minimum Gasteiger partial charge on any atom is -0.481 e. The molecule has 1 rings (SSSR count). The van der Waals surface area contributed by atoms with Gasteiger partial charge < -0.3 is 15.7 Å². The predicted molar refractivity (Wildman–Crippen MR) is 64.6 cm³/mol. The molecule has 1 amide bonds. The maximum Gasteiger partial charge on any atom is 0.311 e. The lowest BCUT2D eigenvalue weighted by Crippen LogP contribution is -2.49. The Morgan fingerprint density at radius 3 is 2.71 bits per heavy atom. The molecule has 3 unspecified atom stereocenters. The average Bonchev–Trinajstić information content (AvgIpc) is 2.62. The van der Waals surface area contributed by atoms with Crippen LogP contribution in [0.5, 0.6) is 0 Å². The smallest absolute Gasteiger partial charge is 0.311 e. The van der Waals surface area contributed by atoms with Gasteiger partial charge in [-0.05, 0) is 26.8 Å². The average molecular weight is 242 g/mol. The Morgan fingerprint density at radius 1 is 1.53 bits per heavy atom. The van der Waals surface area contributed by atoms with Crippen LogP contribution in [0.15, 0.2) is 0 Å². The first-order chi connectivity index (χ1) is 7.91. The van der Waals surface area contributed by atoms with E-state index in [-0.39, 0.29) is 17.9 Å². The Kier molecular flexibility index (Phi) is 4.51. The topological polar surface area (TPSA) is 78.4 Å². The van der Waals surface area contributed by atoms with Crippen molar-refractivity contribution in [1.82, 2.24) is 10.6 Å². The fourth-order valence-corrected chi connectivity index (χ4v) is 2.37. The molecule has 3 atom stereocenters. The molecule has 1 fully saturated rings.